The molecule has 0 N–H and O–H groups in total. The zero-order valence-corrected chi connectivity index (χ0v) is 13.3. The molecule has 0 saturated carbocycles. The number of carbonyl (C=O) groups excluding carboxylic acids is 2. The summed E-state index contributed by atoms with van der Waals surface area (Å²) in [5.41, 5.74) is 0. The molecule has 0 rings (SSSR count). The third-order valence-electron chi connectivity index (χ3n) is 1.23. The SMILES string of the molecule is CC(=O)C=C([O-])C(F)(F)F.CC(=O)C=C([O-])C(F)(F)F.[O]=[Mo+2]=[O]. The first-order valence-corrected chi connectivity index (χ1v) is 6.58. The van der Waals surface area contributed by atoms with Crippen molar-refractivity contribution in [2.75, 3.05) is 0 Å². The molecule has 0 amide bonds. The maximum atomic E-state index is 11.3. The van der Waals surface area contributed by atoms with Crippen LogP contribution in [0.5, 0.6) is 0 Å². The van der Waals surface area contributed by atoms with Crippen molar-refractivity contribution in [2.24, 2.45) is 0 Å². The summed E-state index contributed by atoms with van der Waals surface area (Å²) in [6.45, 7) is 1.76. The average molecular weight is 434 g/mol. The van der Waals surface area contributed by atoms with E-state index in [1.165, 1.54) is 0 Å². The zero-order chi connectivity index (χ0) is 19.4. The fraction of sp³-hybridized carbons (Fsp3) is 0.400. The van der Waals surface area contributed by atoms with Crippen molar-refractivity contribution >= 4 is 11.6 Å². The molecule has 0 aromatic carbocycles. The van der Waals surface area contributed by atoms with Gasteiger partial charge in [0.15, 0.2) is 11.6 Å². The minimum absolute atomic E-state index is 0.0139. The molecule has 0 saturated heterocycles. The van der Waals surface area contributed by atoms with Crippen LogP contribution in [-0.2, 0) is 34.9 Å². The Morgan fingerprint density at radius 2 is 0.957 bits per heavy atom. The summed E-state index contributed by atoms with van der Waals surface area (Å²) in [5.74, 6) is -6.02. The van der Waals surface area contributed by atoms with Gasteiger partial charge in [0.05, 0.1) is 0 Å². The van der Waals surface area contributed by atoms with E-state index in [9.17, 15) is 46.1 Å². The molecule has 0 spiro atoms. The summed E-state index contributed by atoms with van der Waals surface area (Å²) in [5, 5.41) is 19.7. The molecule has 6 nitrogen and oxygen atoms in total. The van der Waals surface area contributed by atoms with Crippen LogP contribution in [-0.4, -0.2) is 23.9 Å². The Hall–Kier alpha value is -1.71. The van der Waals surface area contributed by atoms with Crippen LogP contribution in [0.2, 0.25) is 0 Å². The second-order valence-corrected chi connectivity index (χ2v) is 3.64. The van der Waals surface area contributed by atoms with E-state index in [4.69, 9.17) is 6.80 Å². The predicted octanol–water partition coefficient (Wildman–Crippen LogP) is 0.524. The second-order valence-electron chi connectivity index (χ2n) is 3.30. The molecule has 0 atom stereocenters. The van der Waals surface area contributed by atoms with Crippen LogP contribution in [0.4, 0.5) is 26.3 Å². The molecule has 0 aromatic rings. The summed E-state index contributed by atoms with van der Waals surface area (Å²) in [6.07, 6.45) is -9.82. The van der Waals surface area contributed by atoms with Gasteiger partial charge in [0.2, 0.25) is 0 Å². The van der Waals surface area contributed by atoms with Crippen LogP contribution < -0.4 is 10.2 Å². The predicted molar refractivity (Wildman–Crippen MR) is 51.0 cm³/mol. The zero-order valence-electron chi connectivity index (χ0n) is 11.3. The van der Waals surface area contributed by atoms with Gasteiger partial charge < -0.3 is 10.2 Å². The van der Waals surface area contributed by atoms with Crippen LogP contribution in [0.3, 0.4) is 0 Å². The van der Waals surface area contributed by atoms with Gasteiger partial charge in [-0.1, -0.05) is 0 Å². The number of hydrogen-bond donors (Lipinski definition) is 0. The van der Waals surface area contributed by atoms with E-state index in [1.807, 2.05) is 0 Å². The summed E-state index contributed by atoms with van der Waals surface area (Å²) in [7, 11) is 0. The third kappa shape index (κ3) is 20.3. The van der Waals surface area contributed by atoms with Crippen molar-refractivity contribution in [1.82, 2.24) is 0 Å². The van der Waals surface area contributed by atoms with E-state index in [0.717, 1.165) is 13.8 Å². The van der Waals surface area contributed by atoms with Gasteiger partial charge in [0.25, 0.3) is 0 Å². The molecule has 0 fully saturated rings. The second kappa shape index (κ2) is 11.8. The minimum atomic E-state index is -4.92. The van der Waals surface area contributed by atoms with Gasteiger partial charge in [0.1, 0.15) is 0 Å². The summed E-state index contributed by atoms with van der Waals surface area (Å²) < 4.78 is 84.7. The Bertz CT molecular complexity index is 459. The maximum absolute atomic E-state index is 11.3. The molecule has 0 heterocycles. The van der Waals surface area contributed by atoms with Gasteiger partial charge in [-0.2, -0.15) is 26.3 Å². The molecule has 13 heteroatoms. The first-order valence-electron chi connectivity index (χ1n) is 4.94. The van der Waals surface area contributed by atoms with Crippen LogP contribution in [0.15, 0.2) is 23.7 Å². The van der Waals surface area contributed by atoms with Crippen molar-refractivity contribution in [3.63, 3.8) is 0 Å². The Kier molecular flexibility index (Phi) is 13.4. The number of ketones is 2. The molecule has 23 heavy (non-hydrogen) atoms. The van der Waals surface area contributed by atoms with Gasteiger partial charge in [0, 0.05) is 0 Å². The fourth-order valence-corrected chi connectivity index (χ4v) is 0.533. The standard InChI is InChI=1S/2C5H5F3O2.Mo.2O/c2*1-3(9)2-4(10)5(6,7)8;;;/h2*2,10H,1H3;;;/q;;+2;;/p-2. The van der Waals surface area contributed by atoms with Crippen molar-refractivity contribution in [2.45, 2.75) is 26.2 Å². The molecule has 0 aliphatic carbocycles. The average Bonchev–Trinajstić information content (AvgIpc) is 2.26. The number of alkyl halides is 6. The van der Waals surface area contributed by atoms with E-state index < -0.39 is 53.9 Å². The Balaban J connectivity index is -0.000000297. The van der Waals surface area contributed by atoms with Crippen LogP contribution >= 0.6 is 0 Å². The van der Waals surface area contributed by atoms with Crippen molar-refractivity contribution in [3.8, 4) is 0 Å². The Morgan fingerprint density at radius 3 is 1.00 bits per heavy atom. The van der Waals surface area contributed by atoms with Crippen LogP contribution in [0.1, 0.15) is 13.8 Å². The summed E-state index contributed by atoms with van der Waals surface area (Å²) >= 11 is -2.03. The number of allylic oxidation sites excluding steroid dienone is 4. The van der Waals surface area contributed by atoms with E-state index >= 15 is 0 Å². The van der Waals surface area contributed by atoms with Gasteiger partial charge >= 0.3 is 37.6 Å². The number of hydrogen-bond acceptors (Lipinski definition) is 6. The summed E-state index contributed by atoms with van der Waals surface area (Å²) in [4.78, 5) is 19.8. The molecule has 0 aliphatic heterocycles. The molecule has 0 aliphatic rings. The monoisotopic (exact) mass is 436 g/mol. The fourth-order valence-electron chi connectivity index (χ4n) is 0.533. The third-order valence-corrected chi connectivity index (χ3v) is 1.23. The quantitative estimate of drug-likeness (QED) is 0.271. The summed E-state index contributed by atoms with van der Waals surface area (Å²) in [6, 6.07) is 0. The molecular weight excluding hydrogens is 426 g/mol. The van der Waals surface area contributed by atoms with Gasteiger partial charge in [-0.25, -0.2) is 0 Å². The van der Waals surface area contributed by atoms with E-state index in [0.29, 0.717) is 0 Å². The van der Waals surface area contributed by atoms with Gasteiger partial charge in [-0.05, 0) is 37.5 Å². The Labute approximate surface area is 133 Å². The molecular formula is C10H8F6MoO6. The molecule has 132 valence electrons. The molecule has 0 radical (unpaired) electrons. The van der Waals surface area contributed by atoms with Crippen molar-refractivity contribution in [1.29, 1.82) is 0 Å². The van der Waals surface area contributed by atoms with Crippen molar-refractivity contribution in [3.05, 3.63) is 23.7 Å². The van der Waals surface area contributed by atoms with Crippen LogP contribution in [0, 0.1) is 0 Å². The topological polar surface area (TPSA) is 114 Å². The van der Waals surface area contributed by atoms with Crippen molar-refractivity contribution < 1.29 is 71.4 Å². The first kappa shape index (κ1) is 26.2. The molecule has 0 unspecified atom stereocenters. The van der Waals surface area contributed by atoms with Crippen LogP contribution in [0.25, 0.3) is 0 Å². The van der Waals surface area contributed by atoms with Gasteiger partial charge in [-0.15, -0.1) is 0 Å². The van der Waals surface area contributed by atoms with E-state index in [2.05, 4.69) is 0 Å². The number of halogens is 6. The van der Waals surface area contributed by atoms with E-state index in [1.54, 1.807) is 0 Å². The number of carbonyl (C=O) groups is 2. The normalized spacial score (nSPS) is 12.0. The molecule has 0 aromatic heterocycles. The first-order chi connectivity index (χ1) is 10.1. The van der Waals surface area contributed by atoms with Gasteiger partial charge in [-0.3, -0.25) is 9.59 Å². The Morgan fingerprint density at radius 1 is 0.783 bits per heavy atom. The number of rotatable bonds is 2. The molecule has 0 bridgehead atoms. The van der Waals surface area contributed by atoms with E-state index in [-0.39, 0.29) is 12.2 Å².